The molecule has 0 aliphatic heterocycles. The molecule has 0 bridgehead atoms. The summed E-state index contributed by atoms with van der Waals surface area (Å²) in [6, 6.07) is 23.1. The van der Waals surface area contributed by atoms with Crippen LogP contribution >= 0.6 is 0 Å². The number of amides is 1. The molecule has 1 amide bonds. The Morgan fingerprint density at radius 1 is 0.912 bits per heavy atom. The zero-order valence-electron chi connectivity index (χ0n) is 20.1. The van der Waals surface area contributed by atoms with Crippen molar-refractivity contribution in [3.8, 4) is 5.75 Å². The van der Waals surface area contributed by atoms with Gasteiger partial charge in [-0.15, -0.1) is 0 Å². The highest BCUT2D eigenvalue weighted by molar-refractivity contribution is 7.92. The normalized spacial score (nSPS) is 11.6. The number of carbonyl (C=O) groups excluding carboxylic acids is 1. The maximum atomic E-state index is 13.4. The van der Waals surface area contributed by atoms with Crippen molar-refractivity contribution in [3.63, 3.8) is 0 Å². The SMILES string of the molecule is Cc1ccccc1N(CC(=O)NCCOc1ccc(C(C)(C)C)cc1)S(=O)(=O)c1ccccc1. The molecule has 0 saturated heterocycles. The minimum atomic E-state index is -3.92. The van der Waals surface area contributed by atoms with Crippen molar-refractivity contribution in [2.45, 2.75) is 38.0 Å². The molecular weight excluding hydrogens is 448 g/mol. The molecule has 3 aromatic rings. The maximum absolute atomic E-state index is 13.4. The van der Waals surface area contributed by atoms with Crippen LogP contribution in [-0.4, -0.2) is 34.0 Å². The van der Waals surface area contributed by atoms with Crippen LogP contribution in [0.1, 0.15) is 31.9 Å². The lowest BCUT2D eigenvalue weighted by Gasteiger charge is -2.25. The monoisotopic (exact) mass is 480 g/mol. The van der Waals surface area contributed by atoms with Gasteiger partial charge in [-0.05, 0) is 53.8 Å². The summed E-state index contributed by atoms with van der Waals surface area (Å²) >= 11 is 0. The third-order valence-corrected chi connectivity index (χ3v) is 7.19. The Kier molecular flexibility index (Phi) is 7.99. The van der Waals surface area contributed by atoms with Gasteiger partial charge in [0, 0.05) is 0 Å². The number of hydrogen-bond acceptors (Lipinski definition) is 4. The van der Waals surface area contributed by atoms with Crippen LogP contribution in [0.4, 0.5) is 5.69 Å². The van der Waals surface area contributed by atoms with E-state index in [1.54, 1.807) is 30.3 Å². The van der Waals surface area contributed by atoms with E-state index >= 15 is 0 Å². The second kappa shape index (κ2) is 10.7. The quantitative estimate of drug-likeness (QED) is 0.451. The van der Waals surface area contributed by atoms with Gasteiger partial charge in [-0.3, -0.25) is 9.10 Å². The highest BCUT2D eigenvalue weighted by Crippen LogP contribution is 2.26. The van der Waals surface area contributed by atoms with Gasteiger partial charge in [0.2, 0.25) is 5.91 Å². The Hall–Kier alpha value is -3.32. The molecule has 0 heterocycles. The van der Waals surface area contributed by atoms with Crippen LogP contribution in [0.3, 0.4) is 0 Å². The van der Waals surface area contributed by atoms with Crippen LogP contribution in [0.5, 0.6) is 5.75 Å². The molecule has 34 heavy (non-hydrogen) atoms. The number of ether oxygens (including phenoxy) is 1. The molecular formula is C27H32N2O4S. The van der Waals surface area contributed by atoms with Crippen LogP contribution in [0, 0.1) is 6.92 Å². The molecule has 0 aliphatic carbocycles. The summed E-state index contributed by atoms with van der Waals surface area (Å²) in [5.74, 6) is 0.310. The number of nitrogens with one attached hydrogen (secondary N) is 1. The number of nitrogens with zero attached hydrogens (tertiary/aromatic N) is 1. The van der Waals surface area contributed by atoms with Gasteiger partial charge in [0.1, 0.15) is 18.9 Å². The standard InChI is InChI=1S/C27H32N2O4S/c1-21-10-8-9-13-25(21)29(34(31,32)24-11-6-5-7-12-24)20-26(30)28-18-19-33-23-16-14-22(15-17-23)27(2,3)4/h5-17H,18-20H2,1-4H3,(H,28,30). The van der Waals surface area contributed by atoms with Gasteiger partial charge in [0.15, 0.2) is 0 Å². The first-order chi connectivity index (χ1) is 16.1. The van der Waals surface area contributed by atoms with E-state index in [1.165, 1.54) is 17.7 Å². The molecule has 0 spiro atoms. The number of hydrogen-bond donors (Lipinski definition) is 1. The van der Waals surface area contributed by atoms with Gasteiger partial charge in [0.05, 0.1) is 17.1 Å². The van der Waals surface area contributed by atoms with E-state index in [9.17, 15) is 13.2 Å². The topological polar surface area (TPSA) is 75.7 Å². The predicted molar refractivity (Wildman–Crippen MR) is 136 cm³/mol. The highest BCUT2D eigenvalue weighted by atomic mass is 32.2. The minimum absolute atomic E-state index is 0.0651. The average Bonchev–Trinajstić information content (AvgIpc) is 2.81. The summed E-state index contributed by atoms with van der Waals surface area (Å²) in [5.41, 5.74) is 2.51. The van der Waals surface area contributed by atoms with Crippen LogP contribution in [0.15, 0.2) is 83.8 Å². The number of sulfonamides is 1. The number of rotatable bonds is 9. The number of aryl methyl sites for hydroxylation is 1. The third kappa shape index (κ3) is 6.38. The molecule has 6 nitrogen and oxygen atoms in total. The molecule has 0 saturated carbocycles. The molecule has 0 atom stereocenters. The molecule has 3 rings (SSSR count). The van der Waals surface area contributed by atoms with Gasteiger partial charge in [-0.2, -0.15) is 0 Å². The van der Waals surface area contributed by atoms with Crippen molar-refractivity contribution in [2.75, 3.05) is 24.0 Å². The summed E-state index contributed by atoms with van der Waals surface area (Å²) in [7, 11) is -3.92. The number of carbonyl (C=O) groups is 1. The van der Waals surface area contributed by atoms with Gasteiger partial charge in [-0.25, -0.2) is 8.42 Å². The molecule has 1 N–H and O–H groups in total. The van der Waals surface area contributed by atoms with E-state index < -0.39 is 15.9 Å². The van der Waals surface area contributed by atoms with Crippen LogP contribution in [-0.2, 0) is 20.2 Å². The third-order valence-electron chi connectivity index (χ3n) is 5.42. The molecule has 0 unspecified atom stereocenters. The second-order valence-electron chi connectivity index (χ2n) is 9.08. The van der Waals surface area contributed by atoms with Crippen LogP contribution < -0.4 is 14.4 Å². The van der Waals surface area contributed by atoms with Crippen LogP contribution in [0.2, 0.25) is 0 Å². The number of para-hydroxylation sites is 1. The first-order valence-corrected chi connectivity index (χ1v) is 12.7. The summed E-state index contributed by atoms with van der Waals surface area (Å²) in [5, 5.41) is 2.76. The molecule has 3 aromatic carbocycles. The van der Waals surface area contributed by atoms with Crippen molar-refractivity contribution in [3.05, 3.63) is 90.0 Å². The Morgan fingerprint density at radius 2 is 1.53 bits per heavy atom. The van der Waals surface area contributed by atoms with Crippen molar-refractivity contribution in [2.24, 2.45) is 0 Å². The lowest BCUT2D eigenvalue weighted by molar-refractivity contribution is -0.119. The summed E-state index contributed by atoms with van der Waals surface area (Å²) in [4.78, 5) is 12.8. The van der Waals surface area contributed by atoms with E-state index in [2.05, 4.69) is 26.1 Å². The number of anilines is 1. The first kappa shape index (κ1) is 25.3. The molecule has 180 valence electrons. The molecule has 0 aromatic heterocycles. The fraction of sp³-hybridized carbons (Fsp3) is 0.296. The molecule has 7 heteroatoms. The second-order valence-corrected chi connectivity index (χ2v) is 10.9. The first-order valence-electron chi connectivity index (χ1n) is 11.2. The van der Waals surface area contributed by atoms with E-state index in [1.807, 2.05) is 43.3 Å². The molecule has 0 fully saturated rings. The maximum Gasteiger partial charge on any atom is 0.264 e. The van der Waals surface area contributed by atoms with E-state index in [0.29, 0.717) is 5.69 Å². The van der Waals surface area contributed by atoms with Gasteiger partial charge in [-0.1, -0.05) is 69.3 Å². The Labute approximate surface area is 202 Å². The van der Waals surface area contributed by atoms with E-state index in [-0.39, 0.29) is 30.0 Å². The smallest absolute Gasteiger partial charge is 0.264 e. The Morgan fingerprint density at radius 3 is 2.15 bits per heavy atom. The lowest BCUT2D eigenvalue weighted by Crippen LogP contribution is -2.42. The average molecular weight is 481 g/mol. The predicted octanol–water partition coefficient (Wildman–Crippen LogP) is 4.68. The summed E-state index contributed by atoms with van der Waals surface area (Å²) < 4.78 is 33.6. The molecule has 0 radical (unpaired) electrons. The molecule has 0 aliphatic rings. The minimum Gasteiger partial charge on any atom is -0.492 e. The zero-order valence-corrected chi connectivity index (χ0v) is 20.9. The Balaban J connectivity index is 1.64. The van der Waals surface area contributed by atoms with Crippen molar-refractivity contribution < 1.29 is 17.9 Å². The summed E-state index contributed by atoms with van der Waals surface area (Å²) in [6.07, 6.45) is 0. The summed E-state index contributed by atoms with van der Waals surface area (Å²) in [6.45, 7) is 8.47. The fourth-order valence-corrected chi connectivity index (χ4v) is 4.97. The van der Waals surface area contributed by atoms with Crippen molar-refractivity contribution in [1.29, 1.82) is 0 Å². The van der Waals surface area contributed by atoms with Crippen molar-refractivity contribution in [1.82, 2.24) is 5.32 Å². The van der Waals surface area contributed by atoms with Gasteiger partial charge in [0.25, 0.3) is 10.0 Å². The van der Waals surface area contributed by atoms with Gasteiger partial charge < -0.3 is 10.1 Å². The van der Waals surface area contributed by atoms with Crippen LogP contribution in [0.25, 0.3) is 0 Å². The highest BCUT2D eigenvalue weighted by Gasteiger charge is 2.27. The number of benzene rings is 3. The zero-order chi connectivity index (χ0) is 24.8. The lowest BCUT2D eigenvalue weighted by atomic mass is 9.87. The van der Waals surface area contributed by atoms with E-state index in [0.717, 1.165) is 15.6 Å². The van der Waals surface area contributed by atoms with Crippen molar-refractivity contribution >= 4 is 21.6 Å². The Bertz CT molecular complexity index is 1200. The van der Waals surface area contributed by atoms with E-state index in [4.69, 9.17) is 4.74 Å². The largest absolute Gasteiger partial charge is 0.492 e. The van der Waals surface area contributed by atoms with Gasteiger partial charge >= 0.3 is 0 Å². The fourth-order valence-electron chi connectivity index (χ4n) is 3.46.